The van der Waals surface area contributed by atoms with Crippen molar-refractivity contribution in [1.82, 2.24) is 4.57 Å². The van der Waals surface area contributed by atoms with Gasteiger partial charge in [0.2, 0.25) is 5.69 Å². The number of benzene rings is 3. The minimum absolute atomic E-state index is 0.0378. The van der Waals surface area contributed by atoms with Crippen molar-refractivity contribution in [2.45, 2.75) is 39.8 Å². The molecule has 1 aliphatic heterocycles. The summed E-state index contributed by atoms with van der Waals surface area (Å²) < 4.78 is 39.6. The average molecular weight is 696 g/mol. The number of hydrogen-bond acceptors (Lipinski definition) is 7. The lowest BCUT2D eigenvalue weighted by Gasteiger charge is -2.26. The van der Waals surface area contributed by atoms with Crippen LogP contribution >= 0.6 is 22.7 Å². The van der Waals surface area contributed by atoms with Crippen LogP contribution in [0.1, 0.15) is 37.3 Å². The summed E-state index contributed by atoms with van der Waals surface area (Å²) >= 11 is 3.10. The third-order valence-corrected chi connectivity index (χ3v) is 11.3. The van der Waals surface area contributed by atoms with Gasteiger partial charge in [0.1, 0.15) is 9.54 Å². The van der Waals surface area contributed by atoms with Gasteiger partial charge in [0.15, 0.2) is 6.54 Å². The van der Waals surface area contributed by atoms with Crippen LogP contribution in [0.4, 0.5) is 5.69 Å². The Balaban J connectivity index is 1.50. The van der Waals surface area contributed by atoms with Crippen molar-refractivity contribution in [3.8, 4) is 21.7 Å². The maximum Gasteiger partial charge on any atom is 0.269 e. The van der Waals surface area contributed by atoms with E-state index in [4.69, 9.17) is 0 Å². The number of anilines is 1. The Hall–Kier alpha value is -4.35. The van der Waals surface area contributed by atoms with Gasteiger partial charge >= 0.3 is 0 Å². The van der Waals surface area contributed by atoms with Crippen LogP contribution in [0.3, 0.4) is 0 Å². The largest absolute Gasteiger partial charge is 0.748 e. The Morgan fingerprint density at radius 3 is 2.21 bits per heavy atom. The van der Waals surface area contributed by atoms with Crippen molar-refractivity contribution in [3.05, 3.63) is 133 Å². The van der Waals surface area contributed by atoms with Crippen LogP contribution in [0, 0.1) is 0 Å². The molecule has 1 aliphatic rings. The van der Waals surface area contributed by atoms with Gasteiger partial charge in [-0.05, 0) is 61.8 Å². The molecule has 0 unspecified atom stereocenters. The molecule has 0 fully saturated rings. The fourth-order valence-corrected chi connectivity index (χ4v) is 8.88. The lowest BCUT2D eigenvalue weighted by atomic mass is 9.99. The molecule has 0 bridgehead atoms. The van der Waals surface area contributed by atoms with E-state index < -0.39 is 15.9 Å². The van der Waals surface area contributed by atoms with E-state index in [0.717, 1.165) is 54.7 Å². The molecule has 10 heteroatoms. The third kappa shape index (κ3) is 7.37. The van der Waals surface area contributed by atoms with E-state index in [-0.39, 0.29) is 12.0 Å². The van der Waals surface area contributed by atoms with Crippen LogP contribution < -0.4 is 24.2 Å². The first-order chi connectivity index (χ1) is 23.3. The standard InChI is InChI=1S/C38H37N3O4S3/c1-3-39-25-23-28(31-19-11-12-20-32(31)39)21-22-33-38(42)40(4-2)34(46-33)27-35-41(24-13-14-26-48(43,44)45)36(29-15-7-5-8-16-29)37(47-35)30-17-9-6-10-18-30/h5-12,15-23,25,27H,3-4,13-14,24,26H2,1-2H3. The van der Waals surface area contributed by atoms with Gasteiger partial charge in [-0.15, -0.1) is 11.3 Å². The number of fused-ring (bicyclic) bond motifs is 1. The van der Waals surface area contributed by atoms with E-state index in [0.29, 0.717) is 24.0 Å². The first-order valence-electron chi connectivity index (χ1n) is 16.1. The van der Waals surface area contributed by atoms with Crippen molar-refractivity contribution >= 4 is 56.2 Å². The Morgan fingerprint density at radius 2 is 1.52 bits per heavy atom. The molecule has 3 aromatic carbocycles. The third-order valence-electron chi connectivity index (χ3n) is 8.28. The van der Waals surface area contributed by atoms with Gasteiger partial charge in [-0.3, -0.25) is 9.36 Å². The minimum atomic E-state index is -4.30. The topological polar surface area (TPSA) is 86.3 Å². The molecular formula is C38H37N3O4S3. The summed E-state index contributed by atoms with van der Waals surface area (Å²) in [5.41, 5.74) is 6.41. The molecule has 3 heterocycles. The fraction of sp³-hybridized carbons (Fsp3) is 0.211. The highest BCUT2D eigenvalue weighted by Gasteiger charge is 2.28. The smallest absolute Gasteiger partial charge is 0.269 e. The first-order valence-corrected chi connectivity index (χ1v) is 19.3. The molecule has 0 amide bonds. The molecule has 0 aliphatic carbocycles. The van der Waals surface area contributed by atoms with Gasteiger partial charge in [-0.1, -0.05) is 84.1 Å². The normalized spacial score (nSPS) is 14.6. The number of hydrogen-bond donors (Lipinski definition) is 0. The summed E-state index contributed by atoms with van der Waals surface area (Å²) in [7, 11) is -4.30. The zero-order valence-corrected chi connectivity index (χ0v) is 29.4. The van der Waals surface area contributed by atoms with Crippen molar-refractivity contribution < 1.29 is 17.5 Å². The van der Waals surface area contributed by atoms with Crippen LogP contribution in [0.25, 0.3) is 39.4 Å². The predicted octanol–water partition coefficient (Wildman–Crippen LogP) is 5.98. The van der Waals surface area contributed by atoms with Crippen molar-refractivity contribution in [2.24, 2.45) is 0 Å². The average Bonchev–Trinajstić information content (AvgIpc) is 3.61. The molecule has 0 spiro atoms. The van der Waals surface area contributed by atoms with Crippen molar-refractivity contribution in [3.63, 3.8) is 0 Å². The second-order valence-electron chi connectivity index (χ2n) is 11.4. The maximum absolute atomic E-state index is 13.7. The zero-order chi connectivity index (χ0) is 33.7. The number of allylic oxidation sites excluding steroid dienone is 3. The van der Waals surface area contributed by atoms with Crippen molar-refractivity contribution in [1.29, 1.82) is 0 Å². The van der Waals surface area contributed by atoms with E-state index in [9.17, 15) is 17.8 Å². The Labute approximate surface area is 289 Å². The molecule has 0 saturated carbocycles. The summed E-state index contributed by atoms with van der Waals surface area (Å²) in [5.74, 6) is -0.395. The number of thiazole rings is 2. The number of nitrogens with zero attached hydrogens (tertiary/aromatic N) is 3. The highest BCUT2D eigenvalue weighted by atomic mass is 32.2. The first kappa shape index (κ1) is 33.5. The number of rotatable bonds is 11. The monoisotopic (exact) mass is 695 g/mol. The van der Waals surface area contributed by atoms with E-state index in [2.05, 4.69) is 71.1 Å². The highest BCUT2D eigenvalue weighted by Crippen LogP contribution is 2.36. The number of aromatic nitrogens is 2. The molecule has 246 valence electrons. The fourth-order valence-electron chi connectivity index (χ4n) is 5.94. The van der Waals surface area contributed by atoms with Crippen LogP contribution in [-0.2, 0) is 23.2 Å². The SMILES string of the molecule is CCN1C=CC(=CC=c2s/c(=C/c3sc(-c4ccccc4)c(-c4ccccc4)[n+]3CCCCS(=O)(=O)[O-])n(CC)c2=O)c2ccccc21. The Bertz CT molecular complexity index is 2270. The van der Waals surface area contributed by atoms with Crippen LogP contribution in [0.15, 0.2) is 108 Å². The van der Waals surface area contributed by atoms with Crippen LogP contribution in [0.2, 0.25) is 0 Å². The molecule has 0 atom stereocenters. The maximum atomic E-state index is 13.7. The molecule has 0 N–H and O–H groups in total. The van der Waals surface area contributed by atoms with E-state index in [1.54, 1.807) is 15.9 Å². The second-order valence-corrected chi connectivity index (χ2v) is 15.0. The summed E-state index contributed by atoms with van der Waals surface area (Å²) in [4.78, 5) is 17.0. The lowest BCUT2D eigenvalue weighted by Crippen LogP contribution is -2.38. The quantitative estimate of drug-likeness (QED) is 0.0964. The number of unbranched alkanes of at least 4 members (excludes halogenated alkanes) is 1. The highest BCUT2D eigenvalue weighted by molar-refractivity contribution is 7.85. The lowest BCUT2D eigenvalue weighted by molar-refractivity contribution is -0.683. The molecule has 48 heavy (non-hydrogen) atoms. The zero-order valence-electron chi connectivity index (χ0n) is 26.9. The molecule has 2 aromatic heterocycles. The Kier molecular flexibility index (Phi) is 10.4. The molecular weight excluding hydrogens is 659 g/mol. The van der Waals surface area contributed by atoms with Gasteiger partial charge in [-0.2, -0.15) is 4.57 Å². The van der Waals surface area contributed by atoms with Gasteiger partial charge in [0.05, 0.1) is 20.7 Å². The van der Waals surface area contributed by atoms with Crippen LogP contribution in [-0.4, -0.2) is 29.8 Å². The molecule has 0 radical (unpaired) electrons. The molecule has 5 aromatic rings. The van der Waals surface area contributed by atoms with E-state index >= 15 is 0 Å². The van der Waals surface area contributed by atoms with E-state index in [1.165, 1.54) is 11.3 Å². The van der Waals surface area contributed by atoms with Gasteiger partial charge < -0.3 is 9.45 Å². The van der Waals surface area contributed by atoms with E-state index in [1.807, 2.05) is 67.6 Å². The Morgan fingerprint density at radius 1 is 0.833 bits per heavy atom. The van der Waals surface area contributed by atoms with Gasteiger partial charge in [-0.25, -0.2) is 8.42 Å². The second kappa shape index (κ2) is 14.8. The summed E-state index contributed by atoms with van der Waals surface area (Å²) in [6, 6.07) is 28.6. The minimum Gasteiger partial charge on any atom is -0.748 e. The molecule has 0 saturated heterocycles. The number of para-hydroxylation sites is 1. The van der Waals surface area contributed by atoms with Gasteiger partial charge in [0, 0.05) is 48.3 Å². The molecule has 6 rings (SSSR count). The van der Waals surface area contributed by atoms with Crippen molar-refractivity contribution in [2.75, 3.05) is 17.2 Å². The summed E-state index contributed by atoms with van der Waals surface area (Å²) in [6.45, 7) is 6.00. The van der Waals surface area contributed by atoms with Crippen LogP contribution in [0.5, 0.6) is 0 Å². The molecule has 7 nitrogen and oxygen atoms in total. The summed E-state index contributed by atoms with van der Waals surface area (Å²) in [6.07, 6.45) is 11.0. The predicted molar refractivity (Wildman–Crippen MR) is 197 cm³/mol. The van der Waals surface area contributed by atoms with Gasteiger partial charge in [0.25, 0.3) is 10.6 Å². The summed E-state index contributed by atoms with van der Waals surface area (Å²) in [5, 5.41) is 0.940.